The zero-order chi connectivity index (χ0) is 13.1. The molecular weight excluding hydrogens is 232 g/mol. The maximum Gasteiger partial charge on any atom is 0.233 e. The van der Waals surface area contributed by atoms with Gasteiger partial charge < -0.3 is 20.4 Å². The van der Waals surface area contributed by atoms with E-state index in [1.807, 2.05) is 6.20 Å². The molecular formula is C12H22N4O2. The van der Waals surface area contributed by atoms with E-state index in [4.69, 9.17) is 4.74 Å². The van der Waals surface area contributed by atoms with Crippen LogP contribution in [0.25, 0.3) is 0 Å². The number of nitrogens with zero attached hydrogens (tertiary/aromatic N) is 1. The first-order valence-electron chi connectivity index (χ1n) is 6.29. The summed E-state index contributed by atoms with van der Waals surface area (Å²) in [6.07, 6.45) is 6.40. The van der Waals surface area contributed by atoms with Gasteiger partial charge in [0.15, 0.2) is 0 Å². The summed E-state index contributed by atoms with van der Waals surface area (Å²) in [7, 11) is 1.63. The highest BCUT2D eigenvalue weighted by atomic mass is 16.5. The summed E-state index contributed by atoms with van der Waals surface area (Å²) >= 11 is 0. The van der Waals surface area contributed by atoms with Crippen LogP contribution < -0.4 is 10.6 Å². The first-order valence-corrected chi connectivity index (χ1v) is 6.29. The molecule has 0 radical (unpaired) electrons. The normalized spacial score (nSPS) is 10.5. The Labute approximate surface area is 108 Å². The van der Waals surface area contributed by atoms with Crippen LogP contribution in [0.15, 0.2) is 12.5 Å². The Kier molecular flexibility index (Phi) is 7.83. The third kappa shape index (κ3) is 7.03. The lowest BCUT2D eigenvalue weighted by molar-refractivity contribution is -0.119. The largest absolute Gasteiger partial charge is 0.381 e. The summed E-state index contributed by atoms with van der Waals surface area (Å²) in [5, 5.41) is 5.60. The lowest BCUT2D eigenvalue weighted by Gasteiger charge is -2.05. The quantitative estimate of drug-likeness (QED) is 0.517. The average Bonchev–Trinajstić information content (AvgIpc) is 2.89. The molecule has 6 heteroatoms. The number of ether oxygens (including phenoxy) is 1. The standard InChI is InChI=1S/C12H22N4O2/c1-13-12(17)9-14-5-3-7-18-6-2-4-11-8-15-10-16-11/h8,10,14H,2-7,9H2,1H3,(H,13,17)(H,15,16). The van der Waals surface area contributed by atoms with Gasteiger partial charge in [0, 0.05) is 32.2 Å². The minimum Gasteiger partial charge on any atom is -0.381 e. The molecule has 0 bridgehead atoms. The molecule has 0 atom stereocenters. The number of rotatable bonds is 10. The number of H-pyrrole nitrogens is 1. The second-order valence-corrected chi connectivity index (χ2v) is 4.00. The van der Waals surface area contributed by atoms with E-state index in [0.29, 0.717) is 6.54 Å². The van der Waals surface area contributed by atoms with Crippen molar-refractivity contribution in [3.63, 3.8) is 0 Å². The van der Waals surface area contributed by atoms with Crippen LogP contribution in [0.1, 0.15) is 18.5 Å². The minimum atomic E-state index is 0.00970. The van der Waals surface area contributed by atoms with Gasteiger partial charge in [-0.25, -0.2) is 4.98 Å². The van der Waals surface area contributed by atoms with Gasteiger partial charge in [0.25, 0.3) is 0 Å². The molecule has 0 aliphatic carbocycles. The van der Waals surface area contributed by atoms with Crippen molar-refractivity contribution in [1.29, 1.82) is 0 Å². The number of amides is 1. The highest BCUT2D eigenvalue weighted by Crippen LogP contribution is 1.97. The molecule has 6 nitrogen and oxygen atoms in total. The second-order valence-electron chi connectivity index (χ2n) is 4.00. The van der Waals surface area contributed by atoms with Gasteiger partial charge in [0.05, 0.1) is 12.9 Å². The lowest BCUT2D eigenvalue weighted by Crippen LogP contribution is -2.32. The molecule has 0 aliphatic rings. The number of carbonyl (C=O) groups is 1. The lowest BCUT2D eigenvalue weighted by atomic mass is 10.2. The van der Waals surface area contributed by atoms with Crippen molar-refractivity contribution in [2.24, 2.45) is 0 Å². The first-order chi connectivity index (χ1) is 8.83. The third-order valence-electron chi connectivity index (χ3n) is 2.50. The Morgan fingerprint density at radius 3 is 3.00 bits per heavy atom. The molecule has 1 amide bonds. The maximum absolute atomic E-state index is 10.9. The molecule has 3 N–H and O–H groups in total. The molecule has 0 aromatic carbocycles. The Morgan fingerprint density at radius 1 is 1.44 bits per heavy atom. The van der Waals surface area contributed by atoms with E-state index in [1.165, 1.54) is 0 Å². The van der Waals surface area contributed by atoms with E-state index < -0.39 is 0 Å². The Balaban J connectivity index is 1.80. The van der Waals surface area contributed by atoms with Gasteiger partial charge in [-0.1, -0.05) is 0 Å². The summed E-state index contributed by atoms with van der Waals surface area (Å²) in [6.45, 7) is 2.66. The summed E-state index contributed by atoms with van der Waals surface area (Å²) < 4.78 is 5.49. The number of aromatic amines is 1. The molecule has 0 saturated carbocycles. The van der Waals surface area contributed by atoms with Crippen LogP contribution in [0.3, 0.4) is 0 Å². The van der Waals surface area contributed by atoms with Gasteiger partial charge >= 0.3 is 0 Å². The Bertz CT molecular complexity index is 314. The fourth-order valence-electron chi connectivity index (χ4n) is 1.48. The Hall–Kier alpha value is -1.40. The predicted octanol–water partition coefficient (Wildman–Crippen LogP) is 0.0846. The zero-order valence-corrected chi connectivity index (χ0v) is 10.9. The van der Waals surface area contributed by atoms with Crippen LogP contribution >= 0.6 is 0 Å². The van der Waals surface area contributed by atoms with Crippen LogP contribution in [0.2, 0.25) is 0 Å². The Morgan fingerprint density at radius 2 is 2.28 bits per heavy atom. The highest BCUT2D eigenvalue weighted by molar-refractivity contribution is 5.77. The molecule has 0 aliphatic heterocycles. The molecule has 0 saturated heterocycles. The van der Waals surface area contributed by atoms with E-state index in [2.05, 4.69) is 20.6 Å². The number of imidazole rings is 1. The number of hydrogen-bond donors (Lipinski definition) is 3. The van der Waals surface area contributed by atoms with Crippen molar-refractivity contribution in [3.05, 3.63) is 18.2 Å². The molecule has 102 valence electrons. The van der Waals surface area contributed by atoms with Crippen molar-refractivity contribution < 1.29 is 9.53 Å². The summed E-state index contributed by atoms with van der Waals surface area (Å²) in [4.78, 5) is 17.9. The predicted molar refractivity (Wildman–Crippen MR) is 69.3 cm³/mol. The summed E-state index contributed by atoms with van der Waals surface area (Å²) in [5.74, 6) is 0.00970. The number of carbonyl (C=O) groups excluding carboxylic acids is 1. The van der Waals surface area contributed by atoms with Gasteiger partial charge in [-0.2, -0.15) is 0 Å². The molecule has 0 unspecified atom stereocenters. The molecule has 1 rings (SSSR count). The van der Waals surface area contributed by atoms with Gasteiger partial charge in [-0.3, -0.25) is 4.79 Å². The van der Waals surface area contributed by atoms with Crippen LogP contribution in [-0.2, 0) is 16.0 Å². The van der Waals surface area contributed by atoms with E-state index in [9.17, 15) is 4.79 Å². The maximum atomic E-state index is 10.9. The van der Waals surface area contributed by atoms with Gasteiger partial charge in [-0.15, -0.1) is 0 Å². The van der Waals surface area contributed by atoms with Gasteiger partial charge in [0.1, 0.15) is 0 Å². The smallest absolute Gasteiger partial charge is 0.233 e. The summed E-state index contributed by atoms with van der Waals surface area (Å²) in [5.41, 5.74) is 1.14. The van der Waals surface area contributed by atoms with Gasteiger partial charge in [-0.05, 0) is 25.8 Å². The molecule has 0 fully saturated rings. The highest BCUT2D eigenvalue weighted by Gasteiger charge is 1.96. The van der Waals surface area contributed by atoms with Crippen LogP contribution in [0.4, 0.5) is 0 Å². The van der Waals surface area contributed by atoms with Crippen molar-refractivity contribution in [3.8, 4) is 0 Å². The number of hydrogen-bond acceptors (Lipinski definition) is 4. The van der Waals surface area contributed by atoms with E-state index in [1.54, 1.807) is 13.4 Å². The molecule has 1 aromatic heterocycles. The monoisotopic (exact) mass is 254 g/mol. The fourth-order valence-corrected chi connectivity index (χ4v) is 1.48. The van der Waals surface area contributed by atoms with Crippen molar-refractivity contribution in [2.45, 2.75) is 19.3 Å². The summed E-state index contributed by atoms with van der Waals surface area (Å²) in [6, 6.07) is 0. The van der Waals surface area contributed by atoms with E-state index in [-0.39, 0.29) is 5.91 Å². The average molecular weight is 254 g/mol. The number of aromatic nitrogens is 2. The van der Waals surface area contributed by atoms with Crippen molar-refractivity contribution >= 4 is 5.91 Å². The number of aryl methyl sites for hydroxylation is 1. The number of nitrogens with one attached hydrogen (secondary N) is 3. The van der Waals surface area contributed by atoms with E-state index in [0.717, 1.165) is 44.7 Å². The van der Waals surface area contributed by atoms with Crippen LogP contribution in [0, 0.1) is 0 Å². The first kappa shape index (κ1) is 14.7. The van der Waals surface area contributed by atoms with Crippen molar-refractivity contribution in [2.75, 3.05) is 33.4 Å². The SMILES string of the molecule is CNC(=O)CNCCCOCCCc1cnc[nH]1. The van der Waals surface area contributed by atoms with Crippen LogP contribution in [0.5, 0.6) is 0 Å². The molecule has 0 spiro atoms. The second kappa shape index (κ2) is 9.61. The topological polar surface area (TPSA) is 79.0 Å². The van der Waals surface area contributed by atoms with Gasteiger partial charge in [0.2, 0.25) is 5.91 Å². The van der Waals surface area contributed by atoms with E-state index >= 15 is 0 Å². The zero-order valence-electron chi connectivity index (χ0n) is 10.9. The minimum absolute atomic E-state index is 0.00970. The van der Waals surface area contributed by atoms with Crippen LogP contribution in [-0.4, -0.2) is 49.2 Å². The van der Waals surface area contributed by atoms with Crippen molar-refractivity contribution in [1.82, 2.24) is 20.6 Å². The number of likely N-dealkylation sites (N-methyl/N-ethyl adjacent to an activating group) is 1. The fraction of sp³-hybridized carbons (Fsp3) is 0.667. The third-order valence-corrected chi connectivity index (χ3v) is 2.50. The molecule has 18 heavy (non-hydrogen) atoms. The molecule has 1 heterocycles. The molecule has 1 aromatic rings.